The van der Waals surface area contributed by atoms with E-state index in [9.17, 15) is 19.5 Å². The zero-order valence-electron chi connectivity index (χ0n) is 12.5. The number of amides is 2. The van der Waals surface area contributed by atoms with Gasteiger partial charge in [0.05, 0.1) is 18.4 Å². The number of carboxylic acids is 1. The number of carboxylic acid groups (broad SMARTS) is 1. The Morgan fingerprint density at radius 1 is 1.14 bits per heavy atom. The minimum absolute atomic E-state index is 0.122. The number of piperidine rings is 1. The number of likely N-dealkylation sites (tertiary alicyclic amines) is 2. The van der Waals surface area contributed by atoms with E-state index < -0.39 is 11.4 Å². The number of ether oxygens (including phenoxy) is 1. The van der Waals surface area contributed by atoms with Gasteiger partial charge in [-0.1, -0.05) is 0 Å². The normalized spacial score (nSPS) is 26.8. The zero-order chi connectivity index (χ0) is 15.6. The molecular weight excluding hydrogens is 276 g/mol. The first kappa shape index (κ1) is 15.6. The molecule has 1 atom stereocenters. The summed E-state index contributed by atoms with van der Waals surface area (Å²) in [5, 5.41) is 9.20. The van der Waals surface area contributed by atoms with Crippen LogP contribution in [0.3, 0.4) is 0 Å². The van der Waals surface area contributed by atoms with Gasteiger partial charge in [0.15, 0.2) is 0 Å². The third kappa shape index (κ3) is 3.11. The van der Waals surface area contributed by atoms with Crippen LogP contribution < -0.4 is 0 Å². The van der Waals surface area contributed by atoms with Crippen molar-refractivity contribution < 1.29 is 24.2 Å². The average Bonchev–Trinajstić information content (AvgIpc) is 2.90. The van der Waals surface area contributed by atoms with Gasteiger partial charge in [0.25, 0.3) is 0 Å². The number of rotatable bonds is 2. The van der Waals surface area contributed by atoms with Crippen LogP contribution in [0.5, 0.6) is 0 Å². The molecule has 2 heterocycles. The Morgan fingerprint density at radius 2 is 1.76 bits per heavy atom. The molecule has 7 heteroatoms. The number of carbonyl (C=O) groups excluding carboxylic acids is 2. The number of hydrogen-bond acceptors (Lipinski definition) is 4. The second kappa shape index (κ2) is 5.91. The van der Waals surface area contributed by atoms with E-state index >= 15 is 0 Å². The topological polar surface area (TPSA) is 87.2 Å². The standard InChI is InChI=1S/C14H22N2O5/c1-14(12(18)19)5-8-16(9-14)13(20)15-6-3-10(4-7-15)11(17)21-2/h10H,3-9H2,1-2H3,(H,18,19). The van der Waals surface area contributed by atoms with Gasteiger partial charge >= 0.3 is 18.0 Å². The predicted octanol–water partition coefficient (Wildman–Crippen LogP) is 0.788. The maximum atomic E-state index is 12.4. The second-order valence-corrected chi connectivity index (χ2v) is 6.10. The van der Waals surface area contributed by atoms with Crippen molar-refractivity contribution in [2.24, 2.45) is 11.3 Å². The highest BCUT2D eigenvalue weighted by atomic mass is 16.5. The van der Waals surface area contributed by atoms with Gasteiger partial charge < -0.3 is 19.6 Å². The SMILES string of the molecule is COC(=O)C1CCN(C(=O)N2CCC(C)(C(=O)O)C2)CC1. The summed E-state index contributed by atoms with van der Waals surface area (Å²) in [5.41, 5.74) is -0.847. The number of aliphatic carboxylic acids is 1. The van der Waals surface area contributed by atoms with Crippen molar-refractivity contribution in [1.29, 1.82) is 0 Å². The molecule has 0 radical (unpaired) electrons. The van der Waals surface area contributed by atoms with Crippen molar-refractivity contribution in [3.05, 3.63) is 0 Å². The van der Waals surface area contributed by atoms with Gasteiger partial charge in [-0.2, -0.15) is 0 Å². The largest absolute Gasteiger partial charge is 0.481 e. The maximum Gasteiger partial charge on any atom is 0.320 e. The van der Waals surface area contributed by atoms with Crippen molar-refractivity contribution >= 4 is 18.0 Å². The lowest BCUT2D eigenvalue weighted by Gasteiger charge is -2.34. The molecule has 2 rings (SSSR count). The van der Waals surface area contributed by atoms with Gasteiger partial charge in [0.2, 0.25) is 0 Å². The van der Waals surface area contributed by atoms with Gasteiger partial charge in [-0.25, -0.2) is 4.79 Å². The fraction of sp³-hybridized carbons (Fsp3) is 0.786. The number of hydrogen-bond donors (Lipinski definition) is 1. The molecule has 2 saturated heterocycles. The molecule has 21 heavy (non-hydrogen) atoms. The number of methoxy groups -OCH3 is 1. The van der Waals surface area contributed by atoms with Crippen molar-refractivity contribution in [3.8, 4) is 0 Å². The Hall–Kier alpha value is -1.79. The summed E-state index contributed by atoms with van der Waals surface area (Å²) >= 11 is 0. The smallest absolute Gasteiger partial charge is 0.320 e. The number of urea groups is 1. The minimum Gasteiger partial charge on any atom is -0.481 e. The number of esters is 1. The molecule has 2 fully saturated rings. The van der Waals surface area contributed by atoms with Gasteiger partial charge in [0, 0.05) is 26.2 Å². The van der Waals surface area contributed by atoms with Crippen molar-refractivity contribution in [3.63, 3.8) is 0 Å². The molecule has 0 aromatic carbocycles. The summed E-state index contributed by atoms with van der Waals surface area (Å²) in [6.45, 7) is 3.42. The van der Waals surface area contributed by atoms with Crippen LogP contribution in [0.1, 0.15) is 26.2 Å². The van der Waals surface area contributed by atoms with Crippen LogP contribution in [-0.2, 0) is 14.3 Å². The van der Waals surface area contributed by atoms with Crippen molar-refractivity contribution in [1.82, 2.24) is 9.80 Å². The predicted molar refractivity (Wildman–Crippen MR) is 73.6 cm³/mol. The van der Waals surface area contributed by atoms with Gasteiger partial charge in [0.1, 0.15) is 0 Å². The number of nitrogens with zero attached hydrogens (tertiary/aromatic N) is 2. The van der Waals surface area contributed by atoms with E-state index in [0.29, 0.717) is 38.9 Å². The highest BCUT2D eigenvalue weighted by molar-refractivity contribution is 5.80. The summed E-state index contributed by atoms with van der Waals surface area (Å²) in [4.78, 5) is 38.4. The first-order chi connectivity index (χ1) is 9.87. The van der Waals surface area contributed by atoms with Crippen LogP contribution in [0.15, 0.2) is 0 Å². The van der Waals surface area contributed by atoms with E-state index in [-0.39, 0.29) is 24.5 Å². The van der Waals surface area contributed by atoms with Crippen LogP contribution in [0.4, 0.5) is 4.79 Å². The van der Waals surface area contributed by atoms with Crippen LogP contribution in [0.2, 0.25) is 0 Å². The Balaban J connectivity index is 1.89. The zero-order valence-corrected chi connectivity index (χ0v) is 12.5. The molecular formula is C14H22N2O5. The molecule has 0 bridgehead atoms. The van der Waals surface area contributed by atoms with Crippen LogP contribution in [0, 0.1) is 11.3 Å². The minimum atomic E-state index is -0.859. The number of carbonyl (C=O) groups is 3. The lowest BCUT2D eigenvalue weighted by Crippen LogP contribution is -2.47. The van der Waals surface area contributed by atoms with Crippen LogP contribution >= 0.6 is 0 Å². The third-order valence-electron chi connectivity index (χ3n) is 4.56. The van der Waals surface area contributed by atoms with Gasteiger partial charge in [-0.05, 0) is 26.2 Å². The first-order valence-electron chi connectivity index (χ1n) is 7.22. The highest BCUT2D eigenvalue weighted by Gasteiger charge is 2.43. The molecule has 0 saturated carbocycles. The summed E-state index contributed by atoms with van der Waals surface area (Å²) in [7, 11) is 1.37. The van der Waals surface area contributed by atoms with E-state index in [1.807, 2.05) is 0 Å². The molecule has 0 aliphatic carbocycles. The Labute approximate surface area is 123 Å². The molecule has 0 aromatic rings. The summed E-state index contributed by atoms with van der Waals surface area (Å²) in [6.07, 6.45) is 1.68. The average molecular weight is 298 g/mol. The highest BCUT2D eigenvalue weighted by Crippen LogP contribution is 2.31. The molecule has 7 nitrogen and oxygen atoms in total. The molecule has 2 amide bonds. The van der Waals surface area contributed by atoms with E-state index in [2.05, 4.69) is 0 Å². The lowest BCUT2D eigenvalue weighted by atomic mass is 9.90. The van der Waals surface area contributed by atoms with Crippen molar-refractivity contribution in [2.75, 3.05) is 33.3 Å². The molecule has 1 N–H and O–H groups in total. The van der Waals surface area contributed by atoms with Gasteiger partial charge in [-0.15, -0.1) is 0 Å². The van der Waals surface area contributed by atoms with Crippen molar-refractivity contribution in [2.45, 2.75) is 26.2 Å². The molecule has 1 unspecified atom stereocenters. The fourth-order valence-electron chi connectivity index (χ4n) is 2.97. The fourth-order valence-corrected chi connectivity index (χ4v) is 2.97. The van der Waals surface area contributed by atoms with Gasteiger partial charge in [-0.3, -0.25) is 9.59 Å². The quantitative estimate of drug-likeness (QED) is 0.762. The van der Waals surface area contributed by atoms with E-state index in [4.69, 9.17) is 4.74 Å². The Morgan fingerprint density at radius 3 is 2.24 bits per heavy atom. The molecule has 2 aliphatic heterocycles. The molecule has 0 aromatic heterocycles. The summed E-state index contributed by atoms with van der Waals surface area (Å²) in [5.74, 6) is -1.22. The summed E-state index contributed by atoms with van der Waals surface area (Å²) in [6, 6.07) is -0.122. The second-order valence-electron chi connectivity index (χ2n) is 6.10. The Bertz CT molecular complexity index is 445. The summed E-state index contributed by atoms with van der Waals surface area (Å²) < 4.78 is 4.72. The molecule has 118 valence electrons. The lowest BCUT2D eigenvalue weighted by molar-refractivity contribution is -0.148. The molecule has 2 aliphatic rings. The Kier molecular flexibility index (Phi) is 4.39. The monoisotopic (exact) mass is 298 g/mol. The maximum absolute atomic E-state index is 12.4. The first-order valence-corrected chi connectivity index (χ1v) is 7.22. The van der Waals surface area contributed by atoms with Crippen LogP contribution in [0.25, 0.3) is 0 Å². The third-order valence-corrected chi connectivity index (χ3v) is 4.56. The van der Waals surface area contributed by atoms with E-state index in [1.165, 1.54) is 7.11 Å². The van der Waals surface area contributed by atoms with Crippen LogP contribution in [-0.4, -0.2) is 66.2 Å². The van der Waals surface area contributed by atoms with E-state index in [1.54, 1.807) is 16.7 Å². The molecule has 0 spiro atoms. The van der Waals surface area contributed by atoms with E-state index in [0.717, 1.165) is 0 Å².